The van der Waals surface area contributed by atoms with E-state index < -0.39 is 14.8 Å². The molecular weight excluding hydrogens is 505 g/mol. The van der Waals surface area contributed by atoms with Crippen molar-refractivity contribution in [2.24, 2.45) is 11.8 Å². The summed E-state index contributed by atoms with van der Waals surface area (Å²) in [5.41, 5.74) is 0.389. The second-order valence-electron chi connectivity index (χ2n) is 10.8. The number of H-pyrrole nitrogens is 1. The monoisotopic (exact) mass is 549 g/mol. The summed E-state index contributed by atoms with van der Waals surface area (Å²) in [6.45, 7) is 26.7. The lowest BCUT2D eigenvalue weighted by Gasteiger charge is -2.38. The van der Waals surface area contributed by atoms with Gasteiger partial charge in [0.25, 0.3) is 14.1 Å². The van der Waals surface area contributed by atoms with E-state index in [1.54, 1.807) is 6.33 Å². The van der Waals surface area contributed by atoms with Crippen LogP contribution in [-0.4, -0.2) is 67.7 Å². The summed E-state index contributed by atoms with van der Waals surface area (Å²) >= 11 is 0. The molecule has 0 aromatic carbocycles. The Bertz CT molecular complexity index is 1140. The van der Waals surface area contributed by atoms with Gasteiger partial charge in [-0.3, -0.25) is 14.3 Å². The Hall–Kier alpha value is -2.09. The van der Waals surface area contributed by atoms with Gasteiger partial charge in [-0.1, -0.05) is 27.7 Å². The van der Waals surface area contributed by atoms with Crippen molar-refractivity contribution in [2.75, 3.05) is 18.5 Å². The number of aromatic nitrogens is 4. The number of nitrogens with zero attached hydrogens (tertiary/aromatic N) is 5. The van der Waals surface area contributed by atoms with E-state index in [0.717, 1.165) is 6.42 Å². The molecule has 6 atom stereocenters. The van der Waals surface area contributed by atoms with Crippen LogP contribution in [0, 0.1) is 18.4 Å². The van der Waals surface area contributed by atoms with E-state index in [2.05, 4.69) is 87.1 Å². The van der Waals surface area contributed by atoms with Crippen LogP contribution in [0.25, 0.3) is 16.0 Å². The van der Waals surface area contributed by atoms with E-state index in [1.165, 1.54) is 0 Å². The van der Waals surface area contributed by atoms with Gasteiger partial charge in [0.15, 0.2) is 17.4 Å². The van der Waals surface area contributed by atoms with E-state index in [4.69, 9.17) is 25.3 Å². The molecule has 0 saturated carbocycles. The lowest BCUT2D eigenvalue weighted by Crippen LogP contribution is -2.36. The molecule has 3 rings (SSSR count). The highest BCUT2D eigenvalue weighted by Crippen LogP contribution is 2.52. The van der Waals surface area contributed by atoms with Crippen LogP contribution in [0.1, 0.15) is 75.0 Å². The third-order valence-electron chi connectivity index (χ3n) is 7.04. The fourth-order valence-corrected chi connectivity index (χ4v) is 6.45. The van der Waals surface area contributed by atoms with Crippen molar-refractivity contribution < 1.29 is 13.8 Å². The highest BCUT2D eigenvalue weighted by Gasteiger charge is 2.46. The van der Waals surface area contributed by atoms with E-state index in [-0.39, 0.29) is 53.9 Å². The van der Waals surface area contributed by atoms with Gasteiger partial charge in [0, 0.05) is 24.0 Å². The smallest absolute Gasteiger partial charge is 0.280 e. The van der Waals surface area contributed by atoms with Crippen LogP contribution in [0.2, 0.25) is 0 Å². The van der Waals surface area contributed by atoms with Crippen LogP contribution in [0.4, 0.5) is 5.95 Å². The fraction of sp³-hybridized carbons (Fsp3) is 0.769. The first-order valence-corrected chi connectivity index (χ1v) is 14.7. The maximum Gasteiger partial charge on any atom is 0.280 e. The molecule has 2 aromatic rings. The molecule has 1 aliphatic rings. The summed E-state index contributed by atoms with van der Waals surface area (Å²) in [6.07, 6.45) is 1.46. The number of nitrogens with one attached hydrogen (secondary N) is 2. The molecule has 38 heavy (non-hydrogen) atoms. The predicted octanol–water partition coefficient (Wildman–Crippen LogP) is 5.19. The molecule has 11 nitrogen and oxygen atoms in total. The van der Waals surface area contributed by atoms with Gasteiger partial charge in [-0.15, -0.1) is 0 Å². The molecule has 2 aromatic heterocycles. The van der Waals surface area contributed by atoms with Gasteiger partial charge >= 0.3 is 0 Å². The molecule has 0 bridgehead atoms. The summed E-state index contributed by atoms with van der Waals surface area (Å²) in [4.78, 5) is 28.2. The van der Waals surface area contributed by atoms with Crippen molar-refractivity contribution in [2.45, 2.75) is 105 Å². The minimum Gasteiger partial charge on any atom is -0.353 e. The van der Waals surface area contributed by atoms with Crippen LogP contribution >= 0.6 is 8.53 Å². The minimum atomic E-state index is -1.48. The third kappa shape index (κ3) is 6.72. The maximum atomic E-state index is 12.9. The summed E-state index contributed by atoms with van der Waals surface area (Å²) in [7, 11) is -1.48. The summed E-state index contributed by atoms with van der Waals surface area (Å²) in [5.74, 6) is 0.810. The van der Waals surface area contributed by atoms with Crippen molar-refractivity contribution >= 4 is 25.6 Å². The molecule has 2 N–H and O–H groups in total. The second kappa shape index (κ2) is 13.3. The molecule has 3 heterocycles. The topological polar surface area (TPSA) is 111 Å². The summed E-state index contributed by atoms with van der Waals surface area (Å²) < 4.78 is 23.5. The molecule has 1 fully saturated rings. The lowest BCUT2D eigenvalue weighted by molar-refractivity contribution is -0.0324. The van der Waals surface area contributed by atoms with E-state index in [1.807, 2.05) is 4.57 Å². The molecule has 0 spiro atoms. The van der Waals surface area contributed by atoms with Crippen LogP contribution in [0.5, 0.6) is 0 Å². The second-order valence-corrected chi connectivity index (χ2v) is 12.2. The molecule has 0 radical (unpaired) electrons. The van der Waals surface area contributed by atoms with Gasteiger partial charge in [0.05, 0.1) is 12.4 Å². The van der Waals surface area contributed by atoms with Crippen molar-refractivity contribution in [3.63, 3.8) is 0 Å². The van der Waals surface area contributed by atoms with E-state index in [0.29, 0.717) is 24.1 Å². The normalized spacial score (nSPS) is 23.6. The highest BCUT2D eigenvalue weighted by atomic mass is 31.2. The van der Waals surface area contributed by atoms with Gasteiger partial charge in [-0.25, -0.2) is 16.2 Å². The average molecular weight is 550 g/mol. The maximum absolute atomic E-state index is 12.9. The van der Waals surface area contributed by atoms with Crippen LogP contribution in [0.15, 0.2) is 11.1 Å². The quantitative estimate of drug-likeness (QED) is 0.200. The molecule has 1 saturated heterocycles. The SMILES string of the molecule is [C-]#[N+]CCOP(O[C@@H]1[C@H](C)[C@@H](CC)O[C@H]1n1cnc2c(=O)[nH]c(NC(C)C(C)C)nc21)N(C(C)C)C(C)C. The molecule has 212 valence electrons. The lowest BCUT2D eigenvalue weighted by atomic mass is 9.99. The molecule has 0 aliphatic carbocycles. The molecular formula is C26H44N7O4P. The van der Waals surface area contributed by atoms with Gasteiger partial charge < -0.3 is 23.9 Å². The third-order valence-corrected chi connectivity index (χ3v) is 9.16. The Morgan fingerprint density at radius 1 is 1.26 bits per heavy atom. The standard InChI is InChI=1S/C26H44N7O4P/c1-11-20-18(8)22(37-38(35-13-12-27-10)33(16(4)5)17(6)7)25(36-20)32-14-28-21-23(32)30-26(31-24(21)34)29-19(9)15(2)3/h14-20,22,25H,11-13H2,1-9H3,(H2,29,30,31,34)/t18-,19?,20-,22-,25-,38?/m1/s1. The molecule has 0 amide bonds. The minimum absolute atomic E-state index is 0.0466. The van der Waals surface area contributed by atoms with Crippen molar-refractivity contribution in [1.29, 1.82) is 0 Å². The van der Waals surface area contributed by atoms with Crippen LogP contribution in [0.3, 0.4) is 0 Å². The number of imidazole rings is 1. The van der Waals surface area contributed by atoms with E-state index in [9.17, 15) is 4.79 Å². The summed E-state index contributed by atoms with van der Waals surface area (Å²) in [6, 6.07) is 0.473. The first-order chi connectivity index (χ1) is 18.0. The zero-order chi connectivity index (χ0) is 28.1. The molecule has 1 aliphatic heterocycles. The number of fused-ring (bicyclic) bond motifs is 1. The Labute approximate surface area is 227 Å². The number of ether oxygens (including phenoxy) is 1. The highest BCUT2D eigenvalue weighted by molar-refractivity contribution is 7.44. The number of anilines is 1. The van der Waals surface area contributed by atoms with Crippen molar-refractivity contribution in [3.8, 4) is 0 Å². The Balaban J connectivity index is 2.02. The van der Waals surface area contributed by atoms with Gasteiger partial charge in [-0.05, 0) is 47.0 Å². The predicted molar refractivity (Wildman–Crippen MR) is 151 cm³/mol. The first kappa shape index (κ1) is 30.5. The number of rotatable bonds is 13. The first-order valence-electron chi connectivity index (χ1n) is 13.6. The molecule has 2 unspecified atom stereocenters. The number of hydrogen-bond acceptors (Lipinski definition) is 8. The molecule has 12 heteroatoms. The number of aromatic amines is 1. The van der Waals surface area contributed by atoms with Gasteiger partial charge in [0.1, 0.15) is 12.7 Å². The average Bonchev–Trinajstić information content (AvgIpc) is 3.39. The van der Waals surface area contributed by atoms with Crippen LogP contribution in [-0.2, 0) is 13.8 Å². The zero-order valence-corrected chi connectivity index (χ0v) is 25.0. The fourth-order valence-electron chi connectivity index (χ4n) is 4.65. The summed E-state index contributed by atoms with van der Waals surface area (Å²) in [5, 5.41) is 3.30. The zero-order valence-electron chi connectivity index (χ0n) is 24.1. The Morgan fingerprint density at radius 3 is 2.53 bits per heavy atom. The van der Waals surface area contributed by atoms with Crippen LogP contribution < -0.4 is 10.9 Å². The largest absolute Gasteiger partial charge is 0.353 e. The van der Waals surface area contributed by atoms with Crippen molar-refractivity contribution in [3.05, 3.63) is 28.1 Å². The number of hydrogen-bond donors (Lipinski definition) is 2. The van der Waals surface area contributed by atoms with Gasteiger partial charge in [-0.2, -0.15) is 4.98 Å². The van der Waals surface area contributed by atoms with E-state index >= 15 is 0 Å². The Kier molecular flexibility index (Phi) is 10.7. The van der Waals surface area contributed by atoms with Gasteiger partial charge in [0.2, 0.25) is 12.5 Å². The Morgan fingerprint density at radius 2 is 1.95 bits per heavy atom. The van der Waals surface area contributed by atoms with Crippen molar-refractivity contribution in [1.82, 2.24) is 24.2 Å².